The molecule has 0 aromatic rings. The molecule has 0 fully saturated rings. The van der Waals surface area contributed by atoms with Crippen LogP contribution in [0.2, 0.25) is 0 Å². The Bertz CT molecular complexity index is 88.2. The highest BCUT2D eigenvalue weighted by Gasteiger charge is 2.04. The molecule has 68 valence electrons. The Morgan fingerprint density at radius 3 is 2.45 bits per heavy atom. The summed E-state index contributed by atoms with van der Waals surface area (Å²) in [5.41, 5.74) is 5.44. The largest absolute Gasteiger partial charge is 0.396 e. The normalized spacial score (nSPS) is 16.4. The molecule has 0 heterocycles. The third-order valence-electron chi connectivity index (χ3n) is 1.72. The molecule has 3 heteroatoms. The molecule has 3 nitrogen and oxygen atoms in total. The van der Waals surface area contributed by atoms with Gasteiger partial charge in [0.1, 0.15) is 0 Å². The average Bonchev–Trinajstić information content (AvgIpc) is 2.00. The summed E-state index contributed by atoms with van der Waals surface area (Å²) in [6, 6.07) is 0.837. The van der Waals surface area contributed by atoms with Crippen LogP contribution in [0.15, 0.2) is 0 Å². The van der Waals surface area contributed by atoms with Crippen molar-refractivity contribution in [3.63, 3.8) is 0 Å². The number of hydrogen-bond acceptors (Lipinski definition) is 3. The number of nitrogens with two attached hydrogens (primary N) is 1. The van der Waals surface area contributed by atoms with E-state index in [1.807, 2.05) is 0 Å². The first-order valence-electron chi connectivity index (χ1n) is 4.27. The molecule has 0 aliphatic carbocycles. The fourth-order valence-corrected chi connectivity index (χ4v) is 1.03. The maximum atomic E-state index is 8.55. The van der Waals surface area contributed by atoms with Crippen LogP contribution in [0.25, 0.3) is 0 Å². The number of aliphatic hydroxyl groups is 1. The fraction of sp³-hybridized carbons (Fsp3) is 1.00. The molecule has 0 bridgehead atoms. The molecule has 0 aromatic heterocycles. The zero-order valence-electron chi connectivity index (χ0n) is 7.51. The lowest BCUT2D eigenvalue weighted by molar-refractivity contribution is 0.274. The minimum absolute atomic E-state index is 0.281. The van der Waals surface area contributed by atoms with Crippen LogP contribution in [0.5, 0.6) is 0 Å². The van der Waals surface area contributed by atoms with Crippen molar-refractivity contribution in [2.45, 2.75) is 38.8 Å². The summed E-state index contributed by atoms with van der Waals surface area (Å²) in [7, 11) is 0. The van der Waals surface area contributed by atoms with Gasteiger partial charge in [0.15, 0.2) is 0 Å². The van der Waals surface area contributed by atoms with Crippen molar-refractivity contribution in [3.05, 3.63) is 0 Å². The van der Waals surface area contributed by atoms with Crippen LogP contribution in [0.4, 0.5) is 0 Å². The Labute approximate surface area is 69.0 Å². The van der Waals surface area contributed by atoms with Crippen LogP contribution >= 0.6 is 0 Å². The molecule has 4 N–H and O–H groups in total. The molecular weight excluding hydrogens is 140 g/mol. The molecule has 0 saturated heterocycles. The molecule has 0 rings (SSSR count). The Kier molecular flexibility index (Phi) is 6.51. The Morgan fingerprint density at radius 1 is 1.36 bits per heavy atom. The SMILES string of the molecule is CC(CN)NC(C)CCCO. The van der Waals surface area contributed by atoms with Crippen LogP contribution in [0, 0.1) is 0 Å². The molecule has 0 amide bonds. The van der Waals surface area contributed by atoms with Gasteiger partial charge in [-0.05, 0) is 26.7 Å². The van der Waals surface area contributed by atoms with E-state index in [1.165, 1.54) is 0 Å². The molecule has 0 spiro atoms. The summed E-state index contributed by atoms with van der Waals surface area (Å²) in [6.45, 7) is 5.13. The first-order chi connectivity index (χ1) is 5.20. The number of hydrogen-bond donors (Lipinski definition) is 3. The number of aliphatic hydroxyl groups excluding tert-OH is 1. The highest BCUT2D eigenvalue weighted by atomic mass is 16.2. The van der Waals surface area contributed by atoms with Crippen LogP contribution < -0.4 is 11.1 Å². The van der Waals surface area contributed by atoms with Gasteiger partial charge >= 0.3 is 0 Å². The minimum Gasteiger partial charge on any atom is -0.396 e. The molecule has 11 heavy (non-hydrogen) atoms. The summed E-state index contributed by atoms with van der Waals surface area (Å²) in [6.07, 6.45) is 1.88. The van der Waals surface area contributed by atoms with Gasteiger partial charge in [0.2, 0.25) is 0 Å². The average molecular weight is 160 g/mol. The van der Waals surface area contributed by atoms with Gasteiger partial charge in [-0.25, -0.2) is 0 Å². The topological polar surface area (TPSA) is 58.3 Å². The molecule has 2 unspecified atom stereocenters. The zero-order valence-corrected chi connectivity index (χ0v) is 7.51. The van der Waals surface area contributed by atoms with E-state index in [1.54, 1.807) is 0 Å². The third kappa shape index (κ3) is 6.28. The lowest BCUT2D eigenvalue weighted by atomic mass is 10.1. The lowest BCUT2D eigenvalue weighted by Crippen LogP contribution is -2.39. The van der Waals surface area contributed by atoms with Crippen molar-refractivity contribution < 1.29 is 5.11 Å². The van der Waals surface area contributed by atoms with Crippen molar-refractivity contribution in [1.29, 1.82) is 0 Å². The smallest absolute Gasteiger partial charge is 0.0431 e. The van der Waals surface area contributed by atoms with Gasteiger partial charge in [0.05, 0.1) is 0 Å². The molecule has 0 aromatic carbocycles. The standard InChI is InChI=1S/C8H20N2O/c1-7(4-3-5-11)10-8(2)6-9/h7-8,10-11H,3-6,9H2,1-2H3. The number of rotatable bonds is 6. The minimum atomic E-state index is 0.281. The first kappa shape index (κ1) is 10.9. The highest BCUT2D eigenvalue weighted by Crippen LogP contribution is 1.96. The summed E-state index contributed by atoms with van der Waals surface area (Å²) in [5.74, 6) is 0. The van der Waals surface area contributed by atoms with Gasteiger partial charge < -0.3 is 16.2 Å². The summed E-state index contributed by atoms with van der Waals surface area (Å²) in [4.78, 5) is 0. The van der Waals surface area contributed by atoms with Gasteiger partial charge in [-0.2, -0.15) is 0 Å². The van der Waals surface area contributed by atoms with E-state index >= 15 is 0 Å². The van der Waals surface area contributed by atoms with Gasteiger partial charge in [-0.15, -0.1) is 0 Å². The van der Waals surface area contributed by atoms with Gasteiger partial charge in [-0.1, -0.05) is 0 Å². The van der Waals surface area contributed by atoms with Crippen molar-refractivity contribution >= 4 is 0 Å². The van der Waals surface area contributed by atoms with Crippen molar-refractivity contribution in [3.8, 4) is 0 Å². The summed E-state index contributed by atoms with van der Waals surface area (Å²) < 4.78 is 0. The van der Waals surface area contributed by atoms with E-state index in [4.69, 9.17) is 10.8 Å². The maximum Gasteiger partial charge on any atom is 0.0431 e. The predicted molar refractivity (Wildman–Crippen MR) is 47.4 cm³/mol. The second-order valence-electron chi connectivity index (χ2n) is 3.07. The monoisotopic (exact) mass is 160 g/mol. The highest BCUT2D eigenvalue weighted by molar-refractivity contribution is 4.67. The number of nitrogens with one attached hydrogen (secondary N) is 1. The molecule has 0 aliphatic heterocycles. The van der Waals surface area contributed by atoms with Crippen molar-refractivity contribution in [1.82, 2.24) is 5.32 Å². The van der Waals surface area contributed by atoms with Crippen LogP contribution in [0.3, 0.4) is 0 Å². The van der Waals surface area contributed by atoms with E-state index in [0.717, 1.165) is 12.8 Å². The molecular formula is C8H20N2O. The first-order valence-corrected chi connectivity index (χ1v) is 4.27. The second kappa shape index (κ2) is 6.58. The van der Waals surface area contributed by atoms with E-state index < -0.39 is 0 Å². The zero-order chi connectivity index (χ0) is 8.69. The molecule has 0 radical (unpaired) electrons. The molecule has 0 aliphatic rings. The van der Waals surface area contributed by atoms with Gasteiger partial charge in [0, 0.05) is 25.2 Å². The van der Waals surface area contributed by atoms with E-state index in [0.29, 0.717) is 18.6 Å². The Morgan fingerprint density at radius 2 is 2.00 bits per heavy atom. The van der Waals surface area contributed by atoms with E-state index in [-0.39, 0.29) is 6.61 Å². The van der Waals surface area contributed by atoms with Crippen molar-refractivity contribution in [2.24, 2.45) is 5.73 Å². The van der Waals surface area contributed by atoms with Crippen LogP contribution in [0.1, 0.15) is 26.7 Å². The van der Waals surface area contributed by atoms with Crippen LogP contribution in [-0.2, 0) is 0 Å². The quantitative estimate of drug-likeness (QED) is 0.516. The van der Waals surface area contributed by atoms with Crippen molar-refractivity contribution in [2.75, 3.05) is 13.2 Å². The summed E-state index contributed by atoms with van der Waals surface area (Å²) in [5, 5.41) is 11.9. The fourth-order valence-electron chi connectivity index (χ4n) is 1.03. The molecule has 2 atom stereocenters. The maximum absolute atomic E-state index is 8.55. The summed E-state index contributed by atoms with van der Waals surface area (Å²) >= 11 is 0. The Balaban J connectivity index is 3.27. The van der Waals surface area contributed by atoms with E-state index in [9.17, 15) is 0 Å². The van der Waals surface area contributed by atoms with E-state index in [2.05, 4.69) is 19.2 Å². The lowest BCUT2D eigenvalue weighted by Gasteiger charge is -2.17. The van der Waals surface area contributed by atoms with Crippen LogP contribution in [-0.4, -0.2) is 30.3 Å². The van der Waals surface area contributed by atoms with Gasteiger partial charge in [0.25, 0.3) is 0 Å². The Hall–Kier alpha value is -0.120. The predicted octanol–water partition coefficient (Wildman–Crippen LogP) is 0.0842. The third-order valence-corrected chi connectivity index (χ3v) is 1.72. The second-order valence-corrected chi connectivity index (χ2v) is 3.07. The van der Waals surface area contributed by atoms with Gasteiger partial charge in [-0.3, -0.25) is 0 Å². The molecule has 0 saturated carbocycles.